The predicted octanol–water partition coefficient (Wildman–Crippen LogP) is 3.79. The molecule has 0 rings (SSSR count). The summed E-state index contributed by atoms with van der Waals surface area (Å²) in [5, 5.41) is 18.0. The molecule has 132 valence electrons. The molecular weight excluding hydrogens is 298 g/mol. The minimum atomic E-state index is -0.940. The van der Waals surface area contributed by atoms with Gasteiger partial charge in [0.15, 0.2) is 0 Å². The van der Waals surface area contributed by atoms with E-state index in [1.165, 1.54) is 57.8 Å². The molecule has 4 N–H and O–H groups in total. The summed E-state index contributed by atoms with van der Waals surface area (Å²) < 4.78 is 0. The Hall–Kier alpha value is -0.270. The molecule has 0 aliphatic heterocycles. The molecule has 0 radical (unpaired) electrons. The van der Waals surface area contributed by atoms with Gasteiger partial charge < -0.3 is 15.9 Å². The maximum Gasteiger partial charge on any atom is 0.0733 e. The fourth-order valence-corrected chi connectivity index (χ4v) is 2.19. The summed E-state index contributed by atoms with van der Waals surface area (Å²) >= 11 is 0. The van der Waals surface area contributed by atoms with E-state index in [1.54, 1.807) is 0 Å². The van der Waals surface area contributed by atoms with Crippen LogP contribution in [0.15, 0.2) is 0 Å². The predicted molar refractivity (Wildman–Crippen MR) is 97.2 cm³/mol. The molecule has 4 heteroatoms. The zero-order chi connectivity index (χ0) is 15.8. The molecule has 0 heterocycles. The number of hydrogen-bond acceptors (Lipinski definition) is 3. The SMILES string of the molecule is CCCCCCCCCCCCC#CCC(N)(CO)CO.Cl. The van der Waals surface area contributed by atoms with Crippen molar-refractivity contribution < 1.29 is 10.2 Å². The van der Waals surface area contributed by atoms with Gasteiger partial charge in [-0.15, -0.1) is 24.2 Å². The van der Waals surface area contributed by atoms with Crippen LogP contribution >= 0.6 is 12.4 Å². The molecule has 0 aliphatic carbocycles. The van der Waals surface area contributed by atoms with E-state index in [0.29, 0.717) is 6.42 Å². The third kappa shape index (κ3) is 14.7. The van der Waals surface area contributed by atoms with Crippen molar-refractivity contribution in [3.8, 4) is 11.8 Å². The Balaban J connectivity index is 0. The monoisotopic (exact) mass is 333 g/mol. The van der Waals surface area contributed by atoms with Crippen molar-refractivity contribution in [2.45, 2.75) is 89.5 Å². The van der Waals surface area contributed by atoms with Crippen LogP contribution in [0.3, 0.4) is 0 Å². The van der Waals surface area contributed by atoms with E-state index >= 15 is 0 Å². The van der Waals surface area contributed by atoms with Gasteiger partial charge in [-0.05, 0) is 6.42 Å². The molecule has 0 bridgehead atoms. The number of aliphatic hydroxyl groups excluding tert-OH is 2. The zero-order valence-electron chi connectivity index (χ0n) is 14.3. The number of aliphatic hydroxyl groups is 2. The van der Waals surface area contributed by atoms with Gasteiger partial charge in [0, 0.05) is 12.8 Å². The van der Waals surface area contributed by atoms with Crippen LogP contribution in [0, 0.1) is 11.8 Å². The minimum absolute atomic E-state index is 0. The second kappa shape index (κ2) is 17.1. The molecule has 22 heavy (non-hydrogen) atoms. The van der Waals surface area contributed by atoms with Crippen molar-refractivity contribution >= 4 is 12.4 Å². The van der Waals surface area contributed by atoms with Gasteiger partial charge in [0.05, 0.1) is 18.8 Å². The highest BCUT2D eigenvalue weighted by atomic mass is 35.5. The first-order valence-electron chi connectivity index (χ1n) is 8.65. The number of halogens is 1. The second-order valence-corrected chi connectivity index (χ2v) is 6.14. The molecule has 0 aromatic heterocycles. The molecule has 0 amide bonds. The quantitative estimate of drug-likeness (QED) is 0.355. The normalized spacial score (nSPS) is 10.7. The molecular formula is C18H36ClNO2. The van der Waals surface area contributed by atoms with Crippen LogP contribution in [0.5, 0.6) is 0 Å². The first kappa shape index (κ1) is 24.0. The fraction of sp³-hybridized carbons (Fsp3) is 0.889. The first-order valence-corrected chi connectivity index (χ1v) is 8.65. The average molecular weight is 334 g/mol. The van der Waals surface area contributed by atoms with Crippen LogP contribution in [0.1, 0.15) is 84.0 Å². The number of nitrogens with two attached hydrogens (primary N) is 1. The van der Waals surface area contributed by atoms with Crippen LogP contribution < -0.4 is 5.73 Å². The highest BCUT2D eigenvalue weighted by Gasteiger charge is 2.21. The van der Waals surface area contributed by atoms with E-state index in [0.717, 1.165) is 12.8 Å². The molecule has 0 spiro atoms. The van der Waals surface area contributed by atoms with Crippen LogP contribution in [0.4, 0.5) is 0 Å². The molecule has 0 aromatic rings. The highest BCUT2D eigenvalue weighted by Crippen LogP contribution is 2.11. The lowest BCUT2D eigenvalue weighted by Crippen LogP contribution is -2.46. The highest BCUT2D eigenvalue weighted by molar-refractivity contribution is 5.85. The van der Waals surface area contributed by atoms with Crippen molar-refractivity contribution in [2.24, 2.45) is 5.73 Å². The van der Waals surface area contributed by atoms with E-state index in [4.69, 9.17) is 15.9 Å². The van der Waals surface area contributed by atoms with Crippen LogP contribution in [0.2, 0.25) is 0 Å². The van der Waals surface area contributed by atoms with Crippen LogP contribution in [-0.4, -0.2) is 29.0 Å². The van der Waals surface area contributed by atoms with Crippen molar-refractivity contribution in [3.05, 3.63) is 0 Å². The van der Waals surface area contributed by atoms with Gasteiger partial charge in [0.2, 0.25) is 0 Å². The molecule has 0 unspecified atom stereocenters. The van der Waals surface area contributed by atoms with Crippen molar-refractivity contribution in [3.63, 3.8) is 0 Å². The standard InChI is InChI=1S/C18H35NO2.ClH/c1-2-3-4-5-6-7-8-9-10-11-12-13-14-15-18(19,16-20)17-21;/h20-21H,2-12,15-17,19H2,1H3;1H. The molecule has 0 aromatic carbocycles. The Bertz CT molecular complexity index is 283. The molecule has 0 atom stereocenters. The van der Waals surface area contributed by atoms with Crippen molar-refractivity contribution in [1.82, 2.24) is 0 Å². The Labute approximate surface area is 143 Å². The summed E-state index contributed by atoms with van der Waals surface area (Å²) in [6.07, 6.45) is 14.6. The topological polar surface area (TPSA) is 66.5 Å². The lowest BCUT2D eigenvalue weighted by Gasteiger charge is -2.21. The molecule has 0 aliphatic rings. The third-order valence-corrected chi connectivity index (χ3v) is 3.85. The van der Waals surface area contributed by atoms with Gasteiger partial charge in [0.1, 0.15) is 0 Å². The van der Waals surface area contributed by atoms with Gasteiger partial charge >= 0.3 is 0 Å². The zero-order valence-corrected chi connectivity index (χ0v) is 15.1. The largest absolute Gasteiger partial charge is 0.394 e. The minimum Gasteiger partial charge on any atom is -0.394 e. The van der Waals surface area contributed by atoms with E-state index in [-0.39, 0.29) is 25.6 Å². The maximum absolute atomic E-state index is 9.02. The molecule has 3 nitrogen and oxygen atoms in total. The Morgan fingerprint density at radius 2 is 1.23 bits per heavy atom. The maximum atomic E-state index is 9.02. The summed E-state index contributed by atoms with van der Waals surface area (Å²) in [5.74, 6) is 6.05. The van der Waals surface area contributed by atoms with Gasteiger partial charge in [-0.25, -0.2) is 0 Å². The van der Waals surface area contributed by atoms with E-state index in [1.807, 2.05) is 0 Å². The van der Waals surface area contributed by atoms with Gasteiger partial charge in [-0.2, -0.15) is 0 Å². The van der Waals surface area contributed by atoms with Gasteiger partial charge in [0.25, 0.3) is 0 Å². The van der Waals surface area contributed by atoms with Crippen LogP contribution in [0.25, 0.3) is 0 Å². The number of unbranched alkanes of at least 4 members (excludes halogenated alkanes) is 10. The van der Waals surface area contributed by atoms with Gasteiger partial charge in [-0.3, -0.25) is 0 Å². The van der Waals surface area contributed by atoms with E-state index < -0.39 is 5.54 Å². The second-order valence-electron chi connectivity index (χ2n) is 6.14. The Morgan fingerprint density at radius 1 is 0.773 bits per heavy atom. The summed E-state index contributed by atoms with van der Waals surface area (Å²) in [6, 6.07) is 0. The third-order valence-electron chi connectivity index (χ3n) is 3.85. The Kier molecular flexibility index (Phi) is 18.6. The fourth-order valence-electron chi connectivity index (χ4n) is 2.19. The average Bonchev–Trinajstić information content (AvgIpc) is 2.51. The summed E-state index contributed by atoms with van der Waals surface area (Å²) in [5.41, 5.74) is 4.79. The molecule has 0 saturated heterocycles. The lowest BCUT2D eigenvalue weighted by molar-refractivity contribution is 0.124. The molecule has 0 saturated carbocycles. The first-order chi connectivity index (χ1) is 10.2. The number of hydrogen-bond donors (Lipinski definition) is 3. The van der Waals surface area contributed by atoms with Crippen molar-refractivity contribution in [2.75, 3.05) is 13.2 Å². The smallest absolute Gasteiger partial charge is 0.0733 e. The van der Waals surface area contributed by atoms with Crippen molar-refractivity contribution in [1.29, 1.82) is 0 Å². The van der Waals surface area contributed by atoms with E-state index in [2.05, 4.69) is 18.8 Å². The lowest BCUT2D eigenvalue weighted by atomic mass is 9.99. The van der Waals surface area contributed by atoms with Gasteiger partial charge in [-0.1, -0.05) is 64.7 Å². The van der Waals surface area contributed by atoms with Crippen LogP contribution in [-0.2, 0) is 0 Å². The molecule has 0 fully saturated rings. The Morgan fingerprint density at radius 3 is 1.68 bits per heavy atom. The number of rotatable bonds is 13. The summed E-state index contributed by atoms with van der Waals surface area (Å²) in [4.78, 5) is 0. The van der Waals surface area contributed by atoms with E-state index in [9.17, 15) is 0 Å². The summed E-state index contributed by atoms with van der Waals surface area (Å²) in [6.45, 7) is 1.80. The summed E-state index contributed by atoms with van der Waals surface area (Å²) in [7, 11) is 0.